The summed E-state index contributed by atoms with van der Waals surface area (Å²) >= 11 is 0. The van der Waals surface area contributed by atoms with E-state index in [2.05, 4.69) is 160 Å². The van der Waals surface area contributed by atoms with Crippen LogP contribution in [0.2, 0.25) is 0 Å². The van der Waals surface area contributed by atoms with Crippen molar-refractivity contribution in [3.63, 3.8) is 0 Å². The Bertz CT molecular complexity index is 3120. The van der Waals surface area contributed by atoms with Gasteiger partial charge in [-0.05, 0) is 142 Å². The molecular weight excluding hydrogens is 755 g/mol. The minimum atomic E-state index is -0.671. The second-order valence-electron chi connectivity index (χ2n) is 17.4. The molecule has 0 spiro atoms. The Morgan fingerprint density at radius 1 is 0.613 bits per heavy atom. The van der Waals surface area contributed by atoms with Gasteiger partial charge in [-0.25, -0.2) is 4.98 Å². The summed E-state index contributed by atoms with van der Waals surface area (Å²) in [7, 11) is 0. The molecule has 0 radical (unpaired) electrons. The van der Waals surface area contributed by atoms with Gasteiger partial charge in [-0.15, -0.1) is 0 Å². The first-order valence-corrected chi connectivity index (χ1v) is 21.6. The van der Waals surface area contributed by atoms with Crippen molar-refractivity contribution in [3.05, 3.63) is 192 Å². The number of nitrogens with zero attached hydrogens (tertiary/aromatic N) is 3. The summed E-state index contributed by atoms with van der Waals surface area (Å²) in [6, 6.07) is 57.6. The smallest absolute Gasteiger partial charge is 0.149 e. The number of para-hydroxylation sites is 1. The Hall–Kier alpha value is -7.04. The highest BCUT2D eigenvalue weighted by Gasteiger charge is 2.25. The van der Waals surface area contributed by atoms with Crippen molar-refractivity contribution in [1.29, 1.82) is 0 Å². The first-order chi connectivity index (χ1) is 30.3. The van der Waals surface area contributed by atoms with Crippen molar-refractivity contribution in [3.8, 4) is 78.6 Å². The highest BCUT2D eigenvalue weighted by atomic mass is 16.3. The Morgan fingerprint density at radius 2 is 1.29 bits per heavy atom. The van der Waals surface area contributed by atoms with Crippen LogP contribution >= 0.6 is 0 Å². The summed E-state index contributed by atoms with van der Waals surface area (Å²) in [6.07, 6.45) is 2.88. The van der Waals surface area contributed by atoms with Crippen LogP contribution in [0.3, 0.4) is 0 Å². The first-order valence-electron chi connectivity index (χ1n) is 22.1. The van der Waals surface area contributed by atoms with Gasteiger partial charge < -0.3 is 5.11 Å². The summed E-state index contributed by atoms with van der Waals surface area (Å²) in [5.74, 6) is 0.228. The SMILES string of the molecule is [2H]C(C)(C)c1ccc(-c2ccnc(-c3cc(-c4ccccc4)cc(-c4cccc5c4nc(-c4cc(C)cc(C)c4O)n5-c4ccc(C(C)(C)CC)cc4-c4ccccc4)c3)c2)cc1. The van der Waals surface area contributed by atoms with E-state index in [0.717, 1.165) is 95.6 Å². The number of hydrogen-bond donors (Lipinski definition) is 1. The molecule has 0 aliphatic carbocycles. The Morgan fingerprint density at radius 3 is 2.00 bits per heavy atom. The molecule has 0 amide bonds. The topological polar surface area (TPSA) is 50.9 Å². The molecule has 1 N–H and O–H groups in total. The molecule has 2 aromatic heterocycles. The Labute approximate surface area is 367 Å². The minimum Gasteiger partial charge on any atom is -0.507 e. The van der Waals surface area contributed by atoms with Crippen LogP contribution in [0.5, 0.6) is 5.75 Å². The zero-order valence-corrected chi connectivity index (χ0v) is 36.7. The lowest BCUT2D eigenvalue weighted by Crippen LogP contribution is -2.16. The second kappa shape index (κ2) is 16.4. The number of phenolic OH excluding ortho intramolecular Hbond substituents is 1. The van der Waals surface area contributed by atoms with Crippen LogP contribution in [0.15, 0.2) is 170 Å². The van der Waals surface area contributed by atoms with Crippen LogP contribution < -0.4 is 0 Å². The van der Waals surface area contributed by atoms with Gasteiger partial charge in [0, 0.05) is 24.3 Å². The highest BCUT2D eigenvalue weighted by Crippen LogP contribution is 2.43. The molecule has 0 unspecified atom stereocenters. The number of pyridine rings is 1. The van der Waals surface area contributed by atoms with Crippen LogP contribution in [0, 0.1) is 13.8 Å². The van der Waals surface area contributed by atoms with Crippen molar-refractivity contribution in [2.45, 2.75) is 66.2 Å². The maximum atomic E-state index is 11.8. The molecule has 0 saturated carbocycles. The third-order valence-electron chi connectivity index (χ3n) is 12.6. The predicted octanol–water partition coefficient (Wildman–Crippen LogP) is 15.6. The molecule has 9 aromatic rings. The largest absolute Gasteiger partial charge is 0.507 e. The number of imidazole rings is 1. The van der Waals surface area contributed by atoms with Gasteiger partial charge in [-0.1, -0.05) is 144 Å². The monoisotopic (exact) mass is 808 g/mol. The normalized spacial score (nSPS) is 12.1. The Balaban J connectivity index is 1.29. The van der Waals surface area contributed by atoms with Gasteiger partial charge in [-0.2, -0.15) is 0 Å². The lowest BCUT2D eigenvalue weighted by molar-refractivity contribution is 0.472. The van der Waals surface area contributed by atoms with Gasteiger partial charge in [0.15, 0.2) is 0 Å². The average Bonchev–Trinajstić information content (AvgIpc) is 3.69. The third kappa shape index (κ3) is 7.62. The third-order valence-corrected chi connectivity index (χ3v) is 12.6. The predicted molar refractivity (Wildman–Crippen MR) is 260 cm³/mol. The van der Waals surface area contributed by atoms with Crippen molar-refractivity contribution in [1.82, 2.24) is 14.5 Å². The van der Waals surface area contributed by atoms with E-state index >= 15 is 0 Å². The quantitative estimate of drug-likeness (QED) is 0.150. The fraction of sp³-hybridized carbons (Fsp3) is 0.172. The van der Waals surface area contributed by atoms with Crippen LogP contribution in [-0.2, 0) is 5.41 Å². The molecule has 0 aliphatic heterocycles. The molecular formula is C58H53N3O. The van der Waals surface area contributed by atoms with E-state index in [0.29, 0.717) is 11.4 Å². The number of aromatic nitrogens is 3. The molecule has 62 heavy (non-hydrogen) atoms. The van der Waals surface area contributed by atoms with Crippen LogP contribution in [0.4, 0.5) is 0 Å². The lowest BCUT2D eigenvalue weighted by Gasteiger charge is -2.26. The molecule has 9 rings (SSSR count). The number of benzene rings is 7. The second-order valence-corrected chi connectivity index (χ2v) is 17.4. The standard InChI is InChI=1S/C58H53N3O/c1-8-58(6,7)48-26-27-53(50(36-48)43-18-13-10-14-19-43)61-54-21-15-20-49(55(54)60-57(61)51-31-38(4)30-39(5)56(51)62)46-32-45(41-16-11-9-12-17-41)33-47(34-46)52-35-44(28-29-59-52)42-24-22-40(23-25-42)37(2)3/h9-37,62H,8H2,1-7H3/i37D. The molecule has 2 heterocycles. The van der Waals surface area contributed by atoms with Crippen molar-refractivity contribution >= 4 is 11.0 Å². The van der Waals surface area contributed by atoms with Crippen molar-refractivity contribution in [2.24, 2.45) is 0 Å². The summed E-state index contributed by atoms with van der Waals surface area (Å²) in [4.78, 5) is 10.5. The number of fused-ring (bicyclic) bond motifs is 1. The maximum absolute atomic E-state index is 11.8. The van der Waals surface area contributed by atoms with Gasteiger partial charge in [0.2, 0.25) is 0 Å². The van der Waals surface area contributed by atoms with E-state index in [1.165, 1.54) is 5.56 Å². The number of rotatable bonds is 10. The summed E-state index contributed by atoms with van der Waals surface area (Å²) in [6.45, 7) is 14.7. The van der Waals surface area contributed by atoms with E-state index in [9.17, 15) is 5.11 Å². The molecule has 0 bridgehead atoms. The van der Waals surface area contributed by atoms with Gasteiger partial charge in [0.1, 0.15) is 11.6 Å². The first kappa shape index (κ1) is 39.1. The summed E-state index contributed by atoms with van der Waals surface area (Å²) < 4.78 is 10.8. The molecule has 0 aliphatic rings. The maximum Gasteiger partial charge on any atom is 0.149 e. The van der Waals surface area contributed by atoms with Crippen molar-refractivity contribution < 1.29 is 6.48 Å². The number of phenols is 1. The van der Waals surface area contributed by atoms with Gasteiger partial charge in [0.05, 0.1) is 28.0 Å². The van der Waals surface area contributed by atoms with Crippen LogP contribution in [0.1, 0.15) is 70.6 Å². The zero-order chi connectivity index (χ0) is 44.0. The van der Waals surface area contributed by atoms with E-state index in [1.807, 2.05) is 63.4 Å². The fourth-order valence-electron chi connectivity index (χ4n) is 8.58. The van der Waals surface area contributed by atoms with E-state index in [-0.39, 0.29) is 11.2 Å². The van der Waals surface area contributed by atoms with Gasteiger partial charge in [-0.3, -0.25) is 9.55 Å². The molecule has 0 atom stereocenters. The molecule has 4 nitrogen and oxygen atoms in total. The zero-order valence-electron chi connectivity index (χ0n) is 37.7. The number of aromatic hydroxyl groups is 1. The van der Waals surface area contributed by atoms with E-state index in [1.54, 1.807) is 0 Å². The number of hydrogen-bond acceptors (Lipinski definition) is 3. The number of aryl methyl sites for hydroxylation is 2. The minimum absolute atomic E-state index is 0.0269. The summed E-state index contributed by atoms with van der Waals surface area (Å²) in [5, 5.41) is 11.8. The van der Waals surface area contributed by atoms with E-state index in [4.69, 9.17) is 11.3 Å². The fourth-order valence-corrected chi connectivity index (χ4v) is 8.58. The molecule has 306 valence electrons. The van der Waals surface area contributed by atoms with Gasteiger partial charge in [0.25, 0.3) is 0 Å². The lowest BCUT2D eigenvalue weighted by atomic mass is 9.81. The van der Waals surface area contributed by atoms with Crippen molar-refractivity contribution in [2.75, 3.05) is 0 Å². The van der Waals surface area contributed by atoms with Gasteiger partial charge >= 0.3 is 0 Å². The Kier molecular flexibility index (Phi) is 10.4. The molecule has 4 heteroatoms. The molecule has 0 fully saturated rings. The van der Waals surface area contributed by atoms with E-state index < -0.39 is 5.89 Å². The summed E-state index contributed by atoms with van der Waals surface area (Å²) in [5.41, 5.74) is 17.9. The average molecular weight is 809 g/mol. The van der Waals surface area contributed by atoms with Crippen LogP contribution in [-0.4, -0.2) is 19.6 Å². The highest BCUT2D eigenvalue weighted by molar-refractivity contribution is 5.98. The molecule has 0 saturated heterocycles. The molecule has 7 aromatic carbocycles. The van der Waals surface area contributed by atoms with Crippen LogP contribution in [0.25, 0.3) is 83.9 Å².